The first-order valence-corrected chi connectivity index (χ1v) is 8.77. The summed E-state index contributed by atoms with van der Waals surface area (Å²) in [5.74, 6) is -0.814. The standard InChI is InChI=1S/C21H23N3O3/c1-24(2)21(27)19(25)17(12-14-8-4-3-5-9-14)23-20(26)18-13-15-10-6-7-11-16(15)22-18/h3-11,13,17,19,22,25H,12H2,1-2H3,(H,23,26)/t17-,19+/m0/s1. The van der Waals surface area contributed by atoms with Gasteiger partial charge in [0.1, 0.15) is 5.69 Å². The Hall–Kier alpha value is -3.12. The molecule has 3 rings (SSSR count). The third-order valence-corrected chi connectivity index (χ3v) is 4.46. The van der Waals surface area contributed by atoms with Gasteiger partial charge in [-0.05, 0) is 24.1 Å². The lowest BCUT2D eigenvalue weighted by Gasteiger charge is -2.25. The Labute approximate surface area is 157 Å². The van der Waals surface area contributed by atoms with Gasteiger partial charge >= 0.3 is 0 Å². The summed E-state index contributed by atoms with van der Waals surface area (Å²) in [4.78, 5) is 29.4. The molecule has 0 spiro atoms. The molecule has 140 valence electrons. The van der Waals surface area contributed by atoms with Gasteiger partial charge in [-0.25, -0.2) is 0 Å². The van der Waals surface area contributed by atoms with E-state index in [0.717, 1.165) is 16.5 Å². The molecule has 3 aromatic rings. The Morgan fingerprint density at radius 3 is 2.41 bits per heavy atom. The molecule has 6 nitrogen and oxygen atoms in total. The molecule has 0 aliphatic rings. The number of rotatable bonds is 6. The molecular formula is C21H23N3O3. The van der Waals surface area contributed by atoms with Crippen LogP contribution in [0.15, 0.2) is 60.7 Å². The summed E-state index contributed by atoms with van der Waals surface area (Å²) in [5.41, 5.74) is 2.16. The molecule has 0 aliphatic heterocycles. The molecule has 0 bridgehead atoms. The number of carbonyl (C=O) groups excluding carboxylic acids is 2. The first kappa shape index (κ1) is 18.7. The summed E-state index contributed by atoms with van der Waals surface area (Å²) in [6, 6.07) is 18.0. The number of likely N-dealkylation sites (N-methyl/N-ethyl adjacent to an activating group) is 1. The summed E-state index contributed by atoms with van der Waals surface area (Å²) in [5, 5.41) is 14.3. The zero-order valence-electron chi connectivity index (χ0n) is 15.3. The molecule has 6 heteroatoms. The summed E-state index contributed by atoms with van der Waals surface area (Å²) in [6.07, 6.45) is -0.998. The van der Waals surface area contributed by atoms with Crippen LogP contribution in [0.1, 0.15) is 16.1 Å². The second-order valence-corrected chi connectivity index (χ2v) is 6.72. The molecule has 3 N–H and O–H groups in total. The molecule has 0 fully saturated rings. The lowest BCUT2D eigenvalue weighted by Crippen LogP contribution is -2.51. The topological polar surface area (TPSA) is 85.4 Å². The average molecular weight is 365 g/mol. The molecule has 0 aliphatic carbocycles. The Morgan fingerprint density at radius 2 is 1.74 bits per heavy atom. The molecular weight excluding hydrogens is 342 g/mol. The van der Waals surface area contributed by atoms with Crippen molar-refractivity contribution < 1.29 is 14.7 Å². The highest BCUT2D eigenvalue weighted by Gasteiger charge is 2.29. The molecule has 2 amide bonds. The van der Waals surface area contributed by atoms with Crippen molar-refractivity contribution in [2.45, 2.75) is 18.6 Å². The molecule has 2 aromatic carbocycles. The van der Waals surface area contributed by atoms with Crippen molar-refractivity contribution in [1.82, 2.24) is 15.2 Å². The van der Waals surface area contributed by atoms with Crippen LogP contribution in [0, 0.1) is 0 Å². The number of hydrogen-bond donors (Lipinski definition) is 3. The number of H-pyrrole nitrogens is 1. The first-order valence-electron chi connectivity index (χ1n) is 8.77. The molecule has 0 unspecified atom stereocenters. The summed E-state index contributed by atoms with van der Waals surface area (Å²) in [7, 11) is 3.15. The number of nitrogens with zero attached hydrogens (tertiary/aromatic N) is 1. The van der Waals surface area contributed by atoms with Crippen LogP contribution in [-0.4, -0.2) is 53.0 Å². The Bertz CT molecular complexity index is 901. The van der Waals surface area contributed by atoms with E-state index in [9.17, 15) is 14.7 Å². The van der Waals surface area contributed by atoms with E-state index in [1.165, 1.54) is 4.90 Å². The van der Waals surface area contributed by atoms with Crippen LogP contribution >= 0.6 is 0 Å². The Kier molecular flexibility index (Phi) is 5.57. The molecule has 27 heavy (non-hydrogen) atoms. The largest absolute Gasteiger partial charge is 0.381 e. The lowest BCUT2D eigenvalue weighted by molar-refractivity contribution is -0.138. The van der Waals surface area contributed by atoms with Gasteiger partial charge < -0.3 is 20.3 Å². The monoisotopic (exact) mass is 365 g/mol. The van der Waals surface area contributed by atoms with Crippen molar-refractivity contribution in [3.05, 3.63) is 71.9 Å². The van der Waals surface area contributed by atoms with Crippen molar-refractivity contribution in [3.8, 4) is 0 Å². The molecule has 1 heterocycles. The minimum absolute atomic E-state index is 0.341. The van der Waals surface area contributed by atoms with Crippen LogP contribution in [0.2, 0.25) is 0 Å². The van der Waals surface area contributed by atoms with Gasteiger partial charge in [0.2, 0.25) is 0 Å². The zero-order valence-corrected chi connectivity index (χ0v) is 15.3. The zero-order chi connectivity index (χ0) is 19.4. The number of aromatic amines is 1. The number of amides is 2. The third-order valence-electron chi connectivity index (χ3n) is 4.46. The van der Waals surface area contributed by atoms with Gasteiger partial charge in [-0.3, -0.25) is 9.59 Å². The molecule has 2 atom stereocenters. The van der Waals surface area contributed by atoms with Crippen LogP contribution in [-0.2, 0) is 11.2 Å². The van der Waals surface area contributed by atoms with Crippen molar-refractivity contribution >= 4 is 22.7 Å². The second kappa shape index (κ2) is 8.05. The van der Waals surface area contributed by atoms with Gasteiger partial charge in [-0.15, -0.1) is 0 Å². The molecule has 0 saturated carbocycles. The van der Waals surface area contributed by atoms with Crippen LogP contribution in [0.5, 0.6) is 0 Å². The van der Waals surface area contributed by atoms with Crippen LogP contribution < -0.4 is 5.32 Å². The number of aromatic nitrogens is 1. The van der Waals surface area contributed by atoms with E-state index in [1.807, 2.05) is 54.6 Å². The third kappa shape index (κ3) is 4.35. The van der Waals surface area contributed by atoms with Crippen molar-refractivity contribution in [1.29, 1.82) is 0 Å². The number of benzene rings is 2. The highest BCUT2D eigenvalue weighted by molar-refractivity contribution is 5.98. The Balaban J connectivity index is 1.82. The predicted octanol–water partition coefficient (Wildman–Crippen LogP) is 1.96. The van der Waals surface area contributed by atoms with Gasteiger partial charge in [0.25, 0.3) is 11.8 Å². The van der Waals surface area contributed by atoms with Crippen LogP contribution in [0.25, 0.3) is 10.9 Å². The Morgan fingerprint density at radius 1 is 1.07 bits per heavy atom. The minimum atomic E-state index is -1.34. The van der Waals surface area contributed by atoms with Gasteiger partial charge in [-0.2, -0.15) is 0 Å². The maximum atomic E-state index is 12.7. The number of hydrogen-bond acceptors (Lipinski definition) is 3. The van der Waals surface area contributed by atoms with Gasteiger partial charge in [-0.1, -0.05) is 48.5 Å². The van der Waals surface area contributed by atoms with Crippen molar-refractivity contribution in [2.75, 3.05) is 14.1 Å². The van der Waals surface area contributed by atoms with Gasteiger partial charge in [0.15, 0.2) is 6.10 Å². The van der Waals surface area contributed by atoms with Crippen LogP contribution in [0.4, 0.5) is 0 Å². The number of para-hydroxylation sites is 1. The van der Waals surface area contributed by atoms with E-state index in [1.54, 1.807) is 20.2 Å². The number of aliphatic hydroxyl groups excluding tert-OH is 1. The second-order valence-electron chi connectivity index (χ2n) is 6.72. The summed E-state index contributed by atoms with van der Waals surface area (Å²) >= 11 is 0. The van der Waals surface area contributed by atoms with E-state index < -0.39 is 18.1 Å². The van der Waals surface area contributed by atoms with E-state index in [-0.39, 0.29) is 5.91 Å². The lowest BCUT2D eigenvalue weighted by atomic mass is 10.00. The molecule has 0 saturated heterocycles. The highest BCUT2D eigenvalue weighted by Crippen LogP contribution is 2.15. The average Bonchev–Trinajstić information content (AvgIpc) is 3.11. The smallest absolute Gasteiger partial charge is 0.268 e. The quantitative estimate of drug-likeness (QED) is 0.624. The molecule has 1 aromatic heterocycles. The van der Waals surface area contributed by atoms with Crippen molar-refractivity contribution in [2.24, 2.45) is 0 Å². The fourth-order valence-electron chi connectivity index (χ4n) is 2.99. The predicted molar refractivity (Wildman–Crippen MR) is 104 cm³/mol. The van der Waals surface area contributed by atoms with Crippen LogP contribution in [0.3, 0.4) is 0 Å². The number of nitrogens with one attached hydrogen (secondary N) is 2. The highest BCUT2D eigenvalue weighted by atomic mass is 16.3. The minimum Gasteiger partial charge on any atom is -0.381 e. The fourth-order valence-corrected chi connectivity index (χ4v) is 2.99. The number of aliphatic hydroxyl groups is 1. The summed E-state index contributed by atoms with van der Waals surface area (Å²) in [6.45, 7) is 0. The normalized spacial score (nSPS) is 13.1. The van der Waals surface area contributed by atoms with Gasteiger partial charge in [0, 0.05) is 25.0 Å². The van der Waals surface area contributed by atoms with Crippen molar-refractivity contribution in [3.63, 3.8) is 0 Å². The SMILES string of the molecule is CN(C)C(=O)[C@H](O)[C@H](Cc1ccccc1)NC(=O)c1cc2ccccc2[nH]1. The van der Waals surface area contributed by atoms with E-state index in [2.05, 4.69) is 10.3 Å². The first-order chi connectivity index (χ1) is 13.0. The van der Waals surface area contributed by atoms with E-state index in [0.29, 0.717) is 12.1 Å². The van der Waals surface area contributed by atoms with E-state index in [4.69, 9.17) is 0 Å². The number of carbonyl (C=O) groups is 2. The maximum Gasteiger partial charge on any atom is 0.268 e. The molecule has 0 radical (unpaired) electrons. The number of fused-ring (bicyclic) bond motifs is 1. The maximum absolute atomic E-state index is 12.7. The fraction of sp³-hybridized carbons (Fsp3) is 0.238. The summed E-state index contributed by atoms with van der Waals surface area (Å²) < 4.78 is 0. The van der Waals surface area contributed by atoms with Gasteiger partial charge in [0.05, 0.1) is 6.04 Å². The van der Waals surface area contributed by atoms with E-state index >= 15 is 0 Å².